The van der Waals surface area contributed by atoms with E-state index >= 15 is 0 Å². The molecule has 7 N–H and O–H groups in total. The van der Waals surface area contributed by atoms with Crippen LogP contribution >= 0.6 is 36.1 Å². The molecule has 0 saturated heterocycles. The Balaban J connectivity index is 0.000000228. The highest BCUT2D eigenvalue weighted by Crippen LogP contribution is 2.48. The van der Waals surface area contributed by atoms with E-state index in [9.17, 15) is 48.5 Å². The number of hydrogen-bond donors (Lipinski definition) is 7. The molecule has 0 amide bonds. The van der Waals surface area contributed by atoms with E-state index in [2.05, 4.69) is 48.6 Å². The normalized spacial score (nSPS) is 11.8. The van der Waals surface area contributed by atoms with E-state index in [1.165, 1.54) is 30.3 Å². The molecule has 0 bridgehead atoms. The average molecular weight is 1030 g/mol. The van der Waals surface area contributed by atoms with Gasteiger partial charge < -0.3 is 15.3 Å². The van der Waals surface area contributed by atoms with Crippen molar-refractivity contribution in [2.75, 3.05) is 0 Å². The number of phenols is 3. The summed E-state index contributed by atoms with van der Waals surface area (Å²) >= 11 is 1.66. The van der Waals surface area contributed by atoms with Gasteiger partial charge in [-0.05, 0) is 83.3 Å². The molecule has 7 aromatic rings. The summed E-state index contributed by atoms with van der Waals surface area (Å²) in [7, 11) is -4.55. The Morgan fingerprint density at radius 1 is 0.580 bits per heavy atom. The first-order chi connectivity index (χ1) is 33.0. The third-order valence-corrected chi connectivity index (χ3v) is 12.4. The Kier molecular flexibility index (Phi) is 17.3. The van der Waals surface area contributed by atoms with Crippen LogP contribution in [-0.4, -0.2) is 53.9 Å². The molecule has 0 aliphatic heterocycles. The number of phenolic OH excluding ortho intramolecular Hbond substituents is 3. The van der Waals surface area contributed by atoms with Crippen LogP contribution in [0.25, 0.3) is 32.3 Å². The van der Waals surface area contributed by atoms with E-state index in [0.717, 1.165) is 41.6 Å². The molecule has 0 aliphatic rings. The zero-order valence-electron chi connectivity index (χ0n) is 34.9. The number of nitrogens with zero attached hydrogens (tertiary/aromatic N) is 6. The fraction of sp³-hybridized carbons (Fsp3) is 0.100. The van der Waals surface area contributed by atoms with Crippen molar-refractivity contribution in [2.24, 2.45) is 20.5 Å². The summed E-state index contributed by atoms with van der Waals surface area (Å²) in [6.07, 6.45) is 1.06. The predicted molar refractivity (Wildman–Crippen MR) is 245 cm³/mol. The number of nitro benzene ring substituents is 2. The van der Waals surface area contributed by atoms with Gasteiger partial charge in [0.2, 0.25) is 0 Å². The van der Waals surface area contributed by atoms with Gasteiger partial charge >= 0.3 is 0 Å². The maximum Gasteiger partial charge on any atom is 0.294 e. The largest absolute Gasteiger partial charge is 0.506 e. The summed E-state index contributed by atoms with van der Waals surface area (Å²) in [5, 5.41) is 109. The minimum absolute atomic E-state index is 0.0164. The summed E-state index contributed by atoms with van der Waals surface area (Å²) in [4.78, 5) is 21.3. The van der Waals surface area contributed by atoms with Crippen molar-refractivity contribution in [2.45, 2.75) is 46.3 Å². The molecule has 0 aromatic heterocycles. The van der Waals surface area contributed by atoms with Crippen LogP contribution in [0.3, 0.4) is 0 Å². The quantitative estimate of drug-likeness (QED) is 0.0105. The van der Waals surface area contributed by atoms with Crippen molar-refractivity contribution in [3.63, 3.8) is 0 Å². The molecule has 7 aromatic carbocycles. The molecular weight excluding hydrogens is 997 g/mol. The van der Waals surface area contributed by atoms with E-state index < -0.39 is 36.4 Å². The maximum absolute atomic E-state index is 11.6. The van der Waals surface area contributed by atoms with Crippen molar-refractivity contribution in [1.29, 1.82) is 0 Å². The Morgan fingerprint density at radius 2 is 1.14 bits per heavy atom. The topological polar surface area (TPSA) is 367 Å². The lowest BCUT2D eigenvalue weighted by atomic mass is 10.0. The zero-order valence-corrected chi connectivity index (χ0v) is 38.2. The van der Waals surface area contributed by atoms with Crippen LogP contribution in [-0.2, 0) is 51.1 Å². The van der Waals surface area contributed by atoms with Gasteiger partial charge in [0.15, 0.2) is 11.5 Å². The highest BCUT2D eigenvalue weighted by atomic mass is 32.2. The van der Waals surface area contributed by atoms with Crippen LogP contribution < -0.4 is 0 Å². The molecule has 7 rings (SSSR count). The Labute approximate surface area is 399 Å². The number of fused-ring (bicyclic) bond motifs is 3. The lowest BCUT2D eigenvalue weighted by Gasteiger charge is -2.13. The van der Waals surface area contributed by atoms with Gasteiger partial charge in [0.05, 0.1) is 66.3 Å². The number of aryl methyl sites for hydroxylation is 2. The maximum atomic E-state index is 11.6. The third-order valence-electron chi connectivity index (χ3n) is 9.70. The molecule has 0 radical (unpaired) electrons. The molecule has 0 saturated carbocycles. The second-order valence-corrected chi connectivity index (χ2v) is 17.3. The van der Waals surface area contributed by atoms with Gasteiger partial charge in [-0.25, -0.2) is 15.8 Å². The van der Waals surface area contributed by atoms with Crippen LogP contribution in [0.1, 0.15) is 25.0 Å². The fourth-order valence-corrected chi connectivity index (χ4v) is 8.59. The van der Waals surface area contributed by atoms with E-state index in [-0.39, 0.29) is 56.3 Å². The number of hydrogen-bond acceptors (Lipinski definition) is 25. The van der Waals surface area contributed by atoms with Crippen LogP contribution in [0.15, 0.2) is 131 Å². The number of aromatic hydroxyl groups is 3. The summed E-state index contributed by atoms with van der Waals surface area (Å²) in [6.45, 7) is 3.70. The van der Waals surface area contributed by atoms with Gasteiger partial charge in [-0.2, -0.15) is 8.42 Å². The molecule has 360 valence electrons. The molecule has 0 atom stereocenters. The molecule has 29 heteroatoms. The molecule has 0 spiro atoms. The second-order valence-electron chi connectivity index (χ2n) is 13.6. The van der Waals surface area contributed by atoms with Crippen LogP contribution in [0.5, 0.6) is 17.2 Å². The van der Waals surface area contributed by atoms with Gasteiger partial charge in [-0.1, -0.05) is 47.2 Å². The molecule has 69 heavy (non-hydrogen) atoms. The first-order valence-corrected chi connectivity index (χ1v) is 22.7. The van der Waals surface area contributed by atoms with E-state index in [1.54, 1.807) is 31.2 Å². The second kappa shape index (κ2) is 23.1. The lowest BCUT2D eigenvalue weighted by Crippen LogP contribution is -2.00. The van der Waals surface area contributed by atoms with Crippen molar-refractivity contribution in [3.8, 4) is 17.2 Å². The SMILES string of the molecule is CCc1cc(S(=O)(=O)O)cc2cc(SOOO)c(N=Nc3cc([N+](=O)[O-])ccc3O)c(O)c12.CCc1ccc2c(O)c(N=Nc3ccc(SOOO)c4cc([N+](=O)[O-])ccc34)c(SOOO)cc2c1. The zero-order chi connectivity index (χ0) is 50.0. The van der Waals surface area contributed by atoms with Crippen molar-refractivity contribution >= 4 is 113 Å². The van der Waals surface area contributed by atoms with Crippen LogP contribution in [0, 0.1) is 20.2 Å². The van der Waals surface area contributed by atoms with Crippen molar-refractivity contribution in [1.82, 2.24) is 0 Å². The molecule has 0 fully saturated rings. The highest BCUT2D eigenvalue weighted by molar-refractivity contribution is 7.95. The molecular formula is C40H32N6O19S4. The summed E-state index contributed by atoms with van der Waals surface area (Å²) < 4.78 is 46.1. The molecule has 0 aliphatic carbocycles. The Hall–Kier alpha value is -6.68. The molecule has 0 heterocycles. The van der Waals surface area contributed by atoms with E-state index in [4.69, 9.17) is 15.8 Å². The standard InChI is InChI=1S/C22H17N3O9S2.C18H15N3O10S2/c1-2-12-3-5-15-13(9-12)10-20(36-34-32-30)21(22(15)26)24-23-18-7-8-19(35-33-31-29)17-11-14(25(27)28)4-6-16(17)18;1-2-9-5-12(33(27,28)29)6-10-7-15(32-31-30-26)17(18(23)16(9)10)20-19-13-8-11(21(24)25)3-4-14(13)22/h3-11,26,29-30H,2H2,1H3;3-8,22-23,26H,2H2,1H3,(H,27,28,29). The fourth-order valence-electron chi connectivity index (χ4n) is 6.55. The minimum Gasteiger partial charge on any atom is -0.506 e. The smallest absolute Gasteiger partial charge is 0.294 e. The van der Waals surface area contributed by atoms with Gasteiger partial charge in [0, 0.05) is 50.7 Å². The number of azo groups is 2. The Morgan fingerprint density at radius 3 is 1.74 bits per heavy atom. The Bertz CT molecular complexity index is 3270. The average Bonchev–Trinajstić information content (AvgIpc) is 3.33. The van der Waals surface area contributed by atoms with Crippen molar-refractivity contribution in [3.05, 3.63) is 122 Å². The van der Waals surface area contributed by atoms with Crippen LogP contribution in [0.4, 0.5) is 34.1 Å². The number of benzene rings is 7. The monoisotopic (exact) mass is 1030 g/mol. The summed E-state index contributed by atoms with van der Waals surface area (Å²) in [5.74, 6) is -1.05. The number of non-ortho nitro benzene ring substituents is 2. The molecule has 25 nitrogen and oxygen atoms in total. The van der Waals surface area contributed by atoms with Gasteiger partial charge in [0.1, 0.15) is 22.8 Å². The molecule has 0 unspecified atom stereocenters. The minimum atomic E-state index is -4.55. The summed E-state index contributed by atoms with van der Waals surface area (Å²) in [5.41, 5.74) is 0.762. The van der Waals surface area contributed by atoms with Gasteiger partial charge in [-0.3, -0.25) is 24.8 Å². The van der Waals surface area contributed by atoms with Gasteiger partial charge in [-0.15, -0.1) is 33.5 Å². The number of nitro groups is 2. The highest BCUT2D eigenvalue weighted by Gasteiger charge is 2.22. The van der Waals surface area contributed by atoms with Crippen molar-refractivity contribution < 1.29 is 82.0 Å². The first-order valence-electron chi connectivity index (χ1n) is 19.1. The summed E-state index contributed by atoms with van der Waals surface area (Å²) in [6, 6.07) is 21.2. The van der Waals surface area contributed by atoms with E-state index in [1.807, 2.05) is 19.1 Å². The van der Waals surface area contributed by atoms with Gasteiger partial charge in [0.25, 0.3) is 21.5 Å². The lowest BCUT2D eigenvalue weighted by molar-refractivity contribution is -0.432. The van der Waals surface area contributed by atoms with Crippen LogP contribution in [0.2, 0.25) is 0 Å². The first kappa shape index (κ1) is 51.7. The number of rotatable bonds is 18. The van der Waals surface area contributed by atoms with E-state index in [0.29, 0.717) is 73.3 Å². The third kappa shape index (κ3) is 12.1. The predicted octanol–water partition coefficient (Wildman–Crippen LogP) is 12.3.